The van der Waals surface area contributed by atoms with Crippen molar-refractivity contribution < 1.29 is 0 Å². The molecular formula is C31H34N2. The summed E-state index contributed by atoms with van der Waals surface area (Å²) in [5, 5.41) is 7.27. The van der Waals surface area contributed by atoms with E-state index in [1.165, 1.54) is 44.8 Å². The summed E-state index contributed by atoms with van der Waals surface area (Å²) in [5.41, 5.74) is 12.8. The maximum absolute atomic E-state index is 3.63. The molecule has 0 aliphatic carbocycles. The Kier molecular flexibility index (Phi) is 7.14. The topological polar surface area (TPSA) is 24.1 Å². The minimum Gasteiger partial charge on any atom is -0.355 e. The predicted molar refractivity (Wildman–Crippen MR) is 143 cm³/mol. The number of hydrogen-bond acceptors (Lipinski definition) is 2. The largest absolute Gasteiger partial charge is 0.355 e. The molecule has 0 saturated carbocycles. The smallest absolute Gasteiger partial charge is 0.0446 e. The van der Waals surface area contributed by atoms with Gasteiger partial charge in [-0.3, -0.25) is 0 Å². The molecule has 4 rings (SSSR count). The van der Waals surface area contributed by atoms with E-state index in [1.807, 2.05) is 0 Å². The van der Waals surface area contributed by atoms with E-state index in [4.69, 9.17) is 0 Å². The van der Waals surface area contributed by atoms with Crippen LogP contribution in [-0.2, 0) is 19.3 Å². The van der Waals surface area contributed by atoms with Crippen molar-refractivity contribution in [2.45, 2.75) is 47.0 Å². The summed E-state index contributed by atoms with van der Waals surface area (Å²) in [5.74, 6) is 0. The predicted octanol–water partition coefficient (Wildman–Crippen LogP) is 8.51. The van der Waals surface area contributed by atoms with Crippen LogP contribution >= 0.6 is 0 Å². The first kappa shape index (κ1) is 22.7. The van der Waals surface area contributed by atoms with Crippen LogP contribution in [0.4, 0.5) is 22.7 Å². The van der Waals surface area contributed by atoms with Gasteiger partial charge in [0.1, 0.15) is 0 Å². The Bertz CT molecular complexity index is 1110. The lowest BCUT2D eigenvalue weighted by atomic mass is 9.94. The monoisotopic (exact) mass is 434 g/mol. The summed E-state index contributed by atoms with van der Waals surface area (Å²) in [6, 6.07) is 30.3. The van der Waals surface area contributed by atoms with Gasteiger partial charge >= 0.3 is 0 Å². The van der Waals surface area contributed by atoms with Crippen molar-refractivity contribution in [1.29, 1.82) is 0 Å². The molecule has 0 aliphatic rings. The van der Waals surface area contributed by atoms with Crippen LogP contribution in [0, 0.1) is 13.8 Å². The third kappa shape index (κ3) is 5.46. The summed E-state index contributed by atoms with van der Waals surface area (Å²) in [7, 11) is 0. The first-order chi connectivity index (χ1) is 16.1. The lowest BCUT2D eigenvalue weighted by Crippen LogP contribution is -2.03. The van der Waals surface area contributed by atoms with E-state index in [0.29, 0.717) is 0 Å². The van der Waals surface area contributed by atoms with Crippen LogP contribution < -0.4 is 10.6 Å². The molecule has 4 aromatic carbocycles. The summed E-state index contributed by atoms with van der Waals surface area (Å²) >= 11 is 0. The molecule has 2 nitrogen and oxygen atoms in total. The summed E-state index contributed by atoms with van der Waals surface area (Å²) in [6.07, 6.45) is 2.95. The number of benzene rings is 4. The third-order valence-corrected chi connectivity index (χ3v) is 6.21. The van der Waals surface area contributed by atoms with Crippen molar-refractivity contribution >= 4 is 22.7 Å². The average Bonchev–Trinajstić information content (AvgIpc) is 2.83. The van der Waals surface area contributed by atoms with Crippen molar-refractivity contribution in [2.75, 3.05) is 10.6 Å². The molecule has 0 spiro atoms. The molecule has 0 fully saturated rings. The van der Waals surface area contributed by atoms with Crippen molar-refractivity contribution in [3.05, 3.63) is 118 Å². The molecule has 0 unspecified atom stereocenters. The molecule has 4 aromatic rings. The lowest BCUT2D eigenvalue weighted by molar-refractivity contribution is 1.08. The van der Waals surface area contributed by atoms with Crippen LogP contribution in [0.25, 0.3) is 0 Å². The maximum atomic E-state index is 3.63. The van der Waals surface area contributed by atoms with Gasteiger partial charge in [0.25, 0.3) is 0 Å². The summed E-state index contributed by atoms with van der Waals surface area (Å²) in [4.78, 5) is 0. The zero-order valence-electron chi connectivity index (χ0n) is 20.2. The maximum Gasteiger partial charge on any atom is 0.0446 e. The van der Waals surface area contributed by atoms with Crippen molar-refractivity contribution in [3.8, 4) is 0 Å². The van der Waals surface area contributed by atoms with E-state index >= 15 is 0 Å². The highest BCUT2D eigenvalue weighted by Crippen LogP contribution is 2.31. The molecule has 2 heteroatoms. The Morgan fingerprint density at radius 2 is 0.939 bits per heavy atom. The third-order valence-electron chi connectivity index (χ3n) is 6.21. The van der Waals surface area contributed by atoms with Gasteiger partial charge in [0, 0.05) is 22.7 Å². The summed E-state index contributed by atoms with van der Waals surface area (Å²) < 4.78 is 0. The number of hydrogen-bond donors (Lipinski definition) is 2. The van der Waals surface area contributed by atoms with Crippen LogP contribution in [-0.4, -0.2) is 0 Å². The molecule has 168 valence electrons. The van der Waals surface area contributed by atoms with Gasteiger partial charge in [-0.25, -0.2) is 0 Å². The first-order valence-corrected chi connectivity index (χ1v) is 12.0. The van der Waals surface area contributed by atoms with Gasteiger partial charge in [-0.1, -0.05) is 74.5 Å². The Morgan fingerprint density at radius 3 is 1.30 bits per heavy atom. The van der Waals surface area contributed by atoms with E-state index in [-0.39, 0.29) is 0 Å². The standard InChI is InChI=1S/C31H34N2/c1-5-26-20-24(17-22(3)30(26)32-28-13-9-7-10-14-28)19-25-18-23(4)31(27(6-2)21-25)33-29-15-11-8-12-16-29/h7-18,20-21,32-33H,5-6,19H2,1-4H3. The second-order valence-corrected chi connectivity index (χ2v) is 8.76. The molecule has 0 saturated heterocycles. The number of anilines is 4. The van der Waals surface area contributed by atoms with E-state index in [1.54, 1.807) is 0 Å². The molecule has 0 radical (unpaired) electrons. The molecule has 0 amide bonds. The van der Waals surface area contributed by atoms with Crippen LogP contribution in [0.3, 0.4) is 0 Å². The molecule has 33 heavy (non-hydrogen) atoms. The van der Waals surface area contributed by atoms with Gasteiger partial charge in [-0.05, 0) is 90.8 Å². The van der Waals surface area contributed by atoms with Gasteiger partial charge in [-0.15, -0.1) is 0 Å². The number of para-hydroxylation sites is 2. The van der Waals surface area contributed by atoms with E-state index in [2.05, 4.69) is 123 Å². The van der Waals surface area contributed by atoms with Gasteiger partial charge in [-0.2, -0.15) is 0 Å². The molecule has 0 atom stereocenters. The molecular weight excluding hydrogens is 400 g/mol. The Morgan fingerprint density at radius 1 is 0.545 bits per heavy atom. The van der Waals surface area contributed by atoms with Crippen molar-refractivity contribution in [3.63, 3.8) is 0 Å². The minimum atomic E-state index is 0.943. The second kappa shape index (κ2) is 10.4. The van der Waals surface area contributed by atoms with Crippen molar-refractivity contribution in [1.82, 2.24) is 0 Å². The average molecular weight is 435 g/mol. The first-order valence-electron chi connectivity index (χ1n) is 12.0. The number of aryl methyl sites for hydroxylation is 4. The number of rotatable bonds is 8. The lowest BCUT2D eigenvalue weighted by Gasteiger charge is -2.18. The van der Waals surface area contributed by atoms with Gasteiger partial charge in [0.15, 0.2) is 0 Å². The van der Waals surface area contributed by atoms with Crippen LogP contribution in [0.5, 0.6) is 0 Å². The molecule has 2 N–H and O–H groups in total. The fraction of sp³-hybridized carbons (Fsp3) is 0.226. The fourth-order valence-corrected chi connectivity index (χ4v) is 4.57. The minimum absolute atomic E-state index is 0.943. The molecule has 0 aliphatic heterocycles. The highest BCUT2D eigenvalue weighted by atomic mass is 14.9. The highest BCUT2D eigenvalue weighted by molar-refractivity contribution is 5.69. The van der Waals surface area contributed by atoms with E-state index < -0.39 is 0 Å². The fourth-order valence-electron chi connectivity index (χ4n) is 4.57. The quantitative estimate of drug-likeness (QED) is 0.290. The number of nitrogens with one attached hydrogen (secondary N) is 2. The molecule has 0 aromatic heterocycles. The summed E-state index contributed by atoms with van der Waals surface area (Å²) in [6.45, 7) is 8.89. The zero-order valence-corrected chi connectivity index (χ0v) is 20.2. The molecule has 0 heterocycles. The van der Waals surface area contributed by atoms with E-state index in [9.17, 15) is 0 Å². The van der Waals surface area contributed by atoms with E-state index in [0.717, 1.165) is 30.6 Å². The SMILES string of the molecule is CCc1cc(Cc2cc(C)c(Nc3ccccc3)c(CC)c2)cc(C)c1Nc1ccccc1. The van der Waals surface area contributed by atoms with Crippen LogP contribution in [0.1, 0.15) is 47.2 Å². The van der Waals surface area contributed by atoms with Crippen LogP contribution in [0.15, 0.2) is 84.9 Å². The van der Waals surface area contributed by atoms with Crippen LogP contribution in [0.2, 0.25) is 0 Å². The highest BCUT2D eigenvalue weighted by Gasteiger charge is 2.11. The van der Waals surface area contributed by atoms with Crippen molar-refractivity contribution in [2.24, 2.45) is 0 Å². The Hall–Kier alpha value is -3.52. The van der Waals surface area contributed by atoms with Gasteiger partial charge < -0.3 is 10.6 Å². The van der Waals surface area contributed by atoms with Gasteiger partial charge in [0.05, 0.1) is 0 Å². The Balaban J connectivity index is 1.60. The Labute approximate surface area is 198 Å². The zero-order chi connectivity index (χ0) is 23.2. The molecule has 0 bridgehead atoms. The van der Waals surface area contributed by atoms with Gasteiger partial charge in [0.2, 0.25) is 0 Å². The normalized spacial score (nSPS) is 10.8. The second-order valence-electron chi connectivity index (χ2n) is 8.76.